The van der Waals surface area contributed by atoms with E-state index in [4.69, 9.17) is 23.7 Å². The number of nitrogens with zero attached hydrogens (tertiary/aromatic N) is 2. The third-order valence-electron chi connectivity index (χ3n) is 10.8. The monoisotopic (exact) mass is 862 g/mol. The molecule has 4 rings (SSSR count). The van der Waals surface area contributed by atoms with Crippen LogP contribution in [0.25, 0.3) is 0 Å². The van der Waals surface area contributed by atoms with E-state index < -0.39 is 35.0 Å². The van der Waals surface area contributed by atoms with Gasteiger partial charge in [-0.3, -0.25) is 10.1 Å². The van der Waals surface area contributed by atoms with Crippen molar-refractivity contribution in [1.82, 2.24) is 15.5 Å². The highest BCUT2D eigenvalue weighted by atomic mass is 16.6. The number of aliphatic hydroxyl groups is 2. The number of nitro benzene ring substituents is 1. The van der Waals surface area contributed by atoms with Gasteiger partial charge in [0.25, 0.3) is 5.69 Å². The molecule has 0 bridgehead atoms. The highest BCUT2D eigenvalue weighted by Crippen LogP contribution is 2.42. The Kier molecular flexibility index (Phi) is 20.0. The summed E-state index contributed by atoms with van der Waals surface area (Å²) in [7, 11) is 4.86. The molecule has 0 saturated carbocycles. The van der Waals surface area contributed by atoms with E-state index in [0.29, 0.717) is 60.3 Å². The molecule has 5 N–H and O–H groups in total. The van der Waals surface area contributed by atoms with Gasteiger partial charge in [-0.25, -0.2) is 9.59 Å². The van der Waals surface area contributed by atoms with Crippen LogP contribution in [-0.2, 0) is 14.3 Å². The summed E-state index contributed by atoms with van der Waals surface area (Å²) in [4.78, 5) is 38.9. The highest BCUT2D eigenvalue weighted by molar-refractivity contribution is 5.99. The second kappa shape index (κ2) is 25.3. The lowest BCUT2D eigenvalue weighted by atomic mass is 9.80. The van der Waals surface area contributed by atoms with E-state index in [1.54, 1.807) is 94.6 Å². The average molecular weight is 863 g/mol. The molecule has 16 heteroatoms. The molecule has 1 aliphatic rings. The first kappa shape index (κ1) is 49.0. The van der Waals surface area contributed by atoms with Gasteiger partial charge in [-0.1, -0.05) is 31.4 Å². The smallest absolute Gasteiger partial charge is 0.336 e. The SMILES string of the molecule is COc1ccc(OCC(O)CNCCCCC(CCCCCOC(=O)C2=C(C)N(C)C(C)=C(C(=O)O)C2c2cccc([N+](=O)[O-])c2)NCC(O)COc2ccc(OC)cc2)cc1. The van der Waals surface area contributed by atoms with Crippen LogP contribution in [0.4, 0.5) is 5.69 Å². The number of carbonyl (C=O) groups excluding carboxylic acids is 1. The fourth-order valence-electron chi connectivity index (χ4n) is 7.19. The number of aliphatic carboxylic acids is 1. The molecule has 4 unspecified atom stereocenters. The predicted octanol–water partition coefficient (Wildman–Crippen LogP) is 5.98. The lowest BCUT2D eigenvalue weighted by Gasteiger charge is -2.35. The number of esters is 1. The van der Waals surface area contributed by atoms with Gasteiger partial charge in [0, 0.05) is 49.7 Å². The van der Waals surface area contributed by atoms with E-state index in [1.807, 2.05) is 0 Å². The summed E-state index contributed by atoms with van der Waals surface area (Å²) in [6.07, 6.45) is 4.16. The van der Waals surface area contributed by atoms with Gasteiger partial charge >= 0.3 is 11.9 Å². The normalized spacial score (nSPS) is 15.5. The number of nitro groups is 1. The minimum absolute atomic E-state index is 0.0507. The summed E-state index contributed by atoms with van der Waals surface area (Å²) in [6.45, 7) is 5.17. The molecule has 338 valence electrons. The summed E-state index contributed by atoms with van der Waals surface area (Å²) in [6, 6.07) is 20.1. The molecule has 1 aliphatic heterocycles. The lowest BCUT2D eigenvalue weighted by molar-refractivity contribution is -0.384. The maximum atomic E-state index is 13.7. The largest absolute Gasteiger partial charge is 0.497 e. The van der Waals surface area contributed by atoms with Crippen LogP contribution >= 0.6 is 0 Å². The first-order valence-corrected chi connectivity index (χ1v) is 21.0. The van der Waals surface area contributed by atoms with Crippen molar-refractivity contribution in [2.24, 2.45) is 0 Å². The van der Waals surface area contributed by atoms with Crippen LogP contribution in [0.2, 0.25) is 0 Å². The molecule has 0 spiro atoms. The Morgan fingerprint density at radius 3 is 1.89 bits per heavy atom. The molecule has 1 heterocycles. The number of hydrogen-bond acceptors (Lipinski definition) is 14. The van der Waals surface area contributed by atoms with Gasteiger partial charge < -0.3 is 54.5 Å². The third kappa shape index (κ3) is 15.0. The number of ether oxygens (including phenoxy) is 5. The van der Waals surface area contributed by atoms with Gasteiger partial charge in [-0.2, -0.15) is 0 Å². The molecule has 0 aromatic heterocycles. The Morgan fingerprint density at radius 2 is 1.32 bits per heavy atom. The zero-order chi connectivity index (χ0) is 45.0. The third-order valence-corrected chi connectivity index (χ3v) is 10.8. The molecule has 0 fully saturated rings. The summed E-state index contributed by atoms with van der Waals surface area (Å²) in [5, 5.41) is 49.7. The molecule has 0 radical (unpaired) electrons. The molecular formula is C46H62N4O12. The lowest BCUT2D eigenvalue weighted by Crippen LogP contribution is -2.38. The number of allylic oxidation sites excluding steroid dienone is 2. The number of nitrogens with one attached hydrogen (secondary N) is 2. The number of hydrogen-bond donors (Lipinski definition) is 5. The van der Waals surface area contributed by atoms with Crippen molar-refractivity contribution in [3.63, 3.8) is 0 Å². The van der Waals surface area contributed by atoms with Gasteiger partial charge in [-0.05, 0) is 100 Å². The molecule has 3 aromatic carbocycles. The van der Waals surface area contributed by atoms with Crippen molar-refractivity contribution in [3.8, 4) is 23.0 Å². The molecule has 0 aliphatic carbocycles. The standard InChI is InChI=1S/C46H62N4O12/c1-31-42(45(53)54)44(33-12-11-15-35(26-33)50(56)57)43(32(2)49(31)3)46(55)60-25-10-6-7-13-34(48-28-37(52)30-62-41-22-18-39(59-5)19-23-41)14-8-9-24-47-27-36(51)29-61-40-20-16-38(58-4)17-21-40/h11-12,15-23,26,34,36-37,44,47-48,51-52H,6-10,13-14,24-25,27-30H2,1-5H3,(H,53,54). The van der Waals surface area contributed by atoms with Gasteiger partial charge in [-0.15, -0.1) is 0 Å². The fraction of sp³-hybridized carbons (Fsp3) is 0.478. The summed E-state index contributed by atoms with van der Waals surface area (Å²) < 4.78 is 27.5. The number of rotatable bonds is 28. The van der Waals surface area contributed by atoms with E-state index in [0.717, 1.165) is 44.3 Å². The van der Waals surface area contributed by atoms with Gasteiger partial charge in [0.05, 0.1) is 42.8 Å². The number of carbonyl (C=O) groups is 2. The molecule has 0 amide bonds. The van der Waals surface area contributed by atoms with Crippen molar-refractivity contribution in [2.75, 3.05) is 60.7 Å². The second-order valence-corrected chi connectivity index (χ2v) is 15.2. The van der Waals surface area contributed by atoms with Crippen LogP contribution in [0.15, 0.2) is 95.3 Å². The first-order chi connectivity index (χ1) is 29.8. The number of non-ortho nitro benzene ring substituents is 1. The first-order valence-electron chi connectivity index (χ1n) is 21.0. The van der Waals surface area contributed by atoms with Gasteiger partial charge in [0.1, 0.15) is 48.4 Å². The van der Waals surface area contributed by atoms with E-state index >= 15 is 0 Å². The Bertz CT molecular complexity index is 1950. The average Bonchev–Trinajstić information content (AvgIpc) is 3.27. The van der Waals surface area contributed by atoms with Crippen LogP contribution in [0.1, 0.15) is 70.3 Å². The Hall–Kier alpha value is -5.68. The minimum atomic E-state index is -1.23. The summed E-state index contributed by atoms with van der Waals surface area (Å²) in [5.41, 5.74) is 1.11. The topological polar surface area (TPSA) is 211 Å². The van der Waals surface area contributed by atoms with E-state index in [-0.39, 0.29) is 42.7 Å². The number of methoxy groups -OCH3 is 2. The van der Waals surface area contributed by atoms with Crippen molar-refractivity contribution in [2.45, 2.75) is 83.0 Å². The summed E-state index contributed by atoms with van der Waals surface area (Å²) >= 11 is 0. The number of aliphatic hydroxyl groups excluding tert-OH is 2. The molecule has 0 saturated heterocycles. The maximum absolute atomic E-state index is 13.7. The van der Waals surface area contributed by atoms with E-state index in [9.17, 15) is 35.0 Å². The van der Waals surface area contributed by atoms with Crippen LogP contribution < -0.4 is 29.6 Å². The molecule has 16 nitrogen and oxygen atoms in total. The molecule has 62 heavy (non-hydrogen) atoms. The zero-order valence-corrected chi connectivity index (χ0v) is 36.3. The van der Waals surface area contributed by atoms with Crippen LogP contribution in [-0.4, -0.2) is 116 Å². The number of carboxylic acid groups (broad SMARTS) is 1. The van der Waals surface area contributed by atoms with Gasteiger partial charge in [0.2, 0.25) is 0 Å². The minimum Gasteiger partial charge on any atom is -0.497 e. The van der Waals surface area contributed by atoms with Gasteiger partial charge in [0.15, 0.2) is 0 Å². The van der Waals surface area contributed by atoms with Crippen molar-refractivity contribution < 1.29 is 53.5 Å². The second-order valence-electron chi connectivity index (χ2n) is 15.2. The Morgan fingerprint density at radius 1 is 0.774 bits per heavy atom. The molecule has 3 aromatic rings. The van der Waals surface area contributed by atoms with Crippen molar-refractivity contribution in [3.05, 3.63) is 111 Å². The molecule has 4 atom stereocenters. The zero-order valence-electron chi connectivity index (χ0n) is 36.3. The number of carboxylic acids is 1. The molecular weight excluding hydrogens is 801 g/mol. The Labute approximate surface area is 363 Å². The van der Waals surface area contributed by atoms with Crippen LogP contribution in [0.3, 0.4) is 0 Å². The highest BCUT2D eigenvalue weighted by Gasteiger charge is 2.39. The van der Waals surface area contributed by atoms with Crippen molar-refractivity contribution >= 4 is 17.6 Å². The number of unbranched alkanes of at least 4 members (excludes halogenated alkanes) is 3. The van der Waals surface area contributed by atoms with Crippen molar-refractivity contribution in [1.29, 1.82) is 0 Å². The predicted molar refractivity (Wildman–Crippen MR) is 234 cm³/mol. The summed E-state index contributed by atoms with van der Waals surface area (Å²) in [5.74, 6) is -0.239. The van der Waals surface area contributed by atoms with Crippen LogP contribution in [0, 0.1) is 10.1 Å². The Balaban J connectivity index is 1.26. The van der Waals surface area contributed by atoms with E-state index in [1.165, 1.54) is 18.2 Å². The quantitative estimate of drug-likeness (QED) is 0.0246. The fourth-order valence-corrected chi connectivity index (χ4v) is 7.19. The number of benzene rings is 3. The van der Waals surface area contributed by atoms with Crippen LogP contribution in [0.5, 0.6) is 23.0 Å². The maximum Gasteiger partial charge on any atom is 0.336 e. The van der Waals surface area contributed by atoms with E-state index in [2.05, 4.69) is 10.6 Å².